The number of fused-ring (bicyclic) bond motifs is 1. The summed E-state index contributed by atoms with van der Waals surface area (Å²) in [5.74, 6) is 1.51. The molecule has 0 aliphatic carbocycles. The number of tetrazole rings is 1. The first kappa shape index (κ1) is 13.5. The van der Waals surface area contributed by atoms with Crippen LogP contribution in [0.5, 0.6) is 5.75 Å². The molecule has 6 heteroatoms. The number of aromatic amines is 2. The van der Waals surface area contributed by atoms with E-state index >= 15 is 0 Å². The van der Waals surface area contributed by atoms with Gasteiger partial charge in [-0.05, 0) is 29.3 Å². The van der Waals surface area contributed by atoms with Gasteiger partial charge in [-0.3, -0.25) is 0 Å². The Morgan fingerprint density at radius 2 is 1.96 bits per heavy atom. The van der Waals surface area contributed by atoms with E-state index in [1.807, 2.05) is 42.6 Å². The third kappa shape index (κ3) is 2.91. The molecule has 0 unspecified atom stereocenters. The second kappa shape index (κ2) is 5.92. The van der Waals surface area contributed by atoms with E-state index in [4.69, 9.17) is 4.74 Å². The molecule has 23 heavy (non-hydrogen) atoms. The fourth-order valence-corrected chi connectivity index (χ4v) is 2.56. The Morgan fingerprint density at radius 1 is 1.04 bits per heavy atom. The van der Waals surface area contributed by atoms with Crippen molar-refractivity contribution < 1.29 is 4.74 Å². The molecule has 2 aromatic heterocycles. The van der Waals surface area contributed by atoms with Crippen LogP contribution in [-0.4, -0.2) is 25.6 Å². The lowest BCUT2D eigenvalue weighted by atomic mass is 10.1. The van der Waals surface area contributed by atoms with Crippen LogP contribution in [0, 0.1) is 0 Å². The lowest BCUT2D eigenvalue weighted by Crippen LogP contribution is -1.95. The van der Waals surface area contributed by atoms with E-state index in [0.29, 0.717) is 18.9 Å². The number of ether oxygens (including phenoxy) is 1. The highest BCUT2D eigenvalue weighted by molar-refractivity contribution is 5.84. The first-order valence-electron chi connectivity index (χ1n) is 7.37. The van der Waals surface area contributed by atoms with E-state index in [0.717, 1.165) is 27.8 Å². The minimum absolute atomic E-state index is 0.553. The molecule has 0 atom stereocenters. The molecule has 6 nitrogen and oxygen atoms in total. The molecular weight excluding hydrogens is 290 g/mol. The minimum atomic E-state index is 0.553. The number of hydrogen-bond acceptors (Lipinski definition) is 4. The SMILES string of the molecule is c1ccc(COc2ccc3[nH]cc(Cc4nn[nH]n4)c3c2)cc1. The van der Waals surface area contributed by atoms with Crippen LogP contribution in [0.3, 0.4) is 0 Å². The van der Waals surface area contributed by atoms with E-state index in [-0.39, 0.29) is 0 Å². The van der Waals surface area contributed by atoms with Crippen molar-refractivity contribution in [3.05, 3.63) is 71.7 Å². The van der Waals surface area contributed by atoms with Gasteiger partial charge < -0.3 is 9.72 Å². The fraction of sp³-hybridized carbons (Fsp3) is 0.118. The average Bonchev–Trinajstić information content (AvgIpc) is 3.24. The number of nitrogens with one attached hydrogen (secondary N) is 2. The Kier molecular flexibility index (Phi) is 3.48. The molecular formula is C17H15N5O. The number of rotatable bonds is 5. The van der Waals surface area contributed by atoms with Crippen molar-refractivity contribution in [1.82, 2.24) is 25.6 Å². The highest BCUT2D eigenvalue weighted by atomic mass is 16.5. The van der Waals surface area contributed by atoms with Gasteiger partial charge >= 0.3 is 0 Å². The minimum Gasteiger partial charge on any atom is -0.489 e. The monoisotopic (exact) mass is 305 g/mol. The Balaban J connectivity index is 1.56. The number of nitrogens with zero attached hydrogens (tertiary/aromatic N) is 3. The Hall–Kier alpha value is -3.15. The van der Waals surface area contributed by atoms with Crippen LogP contribution in [0.15, 0.2) is 54.7 Å². The third-order valence-electron chi connectivity index (χ3n) is 3.72. The summed E-state index contributed by atoms with van der Waals surface area (Å²) in [4.78, 5) is 3.26. The van der Waals surface area contributed by atoms with Crippen LogP contribution in [0.2, 0.25) is 0 Å². The van der Waals surface area contributed by atoms with Gasteiger partial charge in [0.1, 0.15) is 12.4 Å². The molecule has 0 spiro atoms. The van der Waals surface area contributed by atoms with Crippen molar-refractivity contribution in [1.29, 1.82) is 0 Å². The highest BCUT2D eigenvalue weighted by Gasteiger charge is 2.08. The summed E-state index contributed by atoms with van der Waals surface area (Å²) < 4.78 is 5.90. The maximum absolute atomic E-state index is 5.90. The standard InChI is InChI=1S/C17H15N5O/c1-2-4-12(5-3-1)11-23-14-6-7-16-15(9-14)13(10-18-16)8-17-19-21-22-20-17/h1-7,9-10,18H,8,11H2,(H,19,20,21,22). The lowest BCUT2D eigenvalue weighted by Gasteiger charge is -2.07. The van der Waals surface area contributed by atoms with E-state index in [1.165, 1.54) is 0 Å². The smallest absolute Gasteiger partial charge is 0.178 e. The molecule has 4 aromatic rings. The molecule has 0 bridgehead atoms. The van der Waals surface area contributed by atoms with Crippen molar-refractivity contribution in [3.63, 3.8) is 0 Å². The molecule has 0 aliphatic heterocycles. The summed E-state index contributed by atoms with van der Waals surface area (Å²) in [6.07, 6.45) is 2.60. The van der Waals surface area contributed by atoms with Crippen molar-refractivity contribution in [2.24, 2.45) is 0 Å². The molecule has 0 amide bonds. The zero-order valence-electron chi connectivity index (χ0n) is 12.4. The molecule has 2 heterocycles. The summed E-state index contributed by atoms with van der Waals surface area (Å²) in [5.41, 5.74) is 3.33. The first-order valence-corrected chi connectivity index (χ1v) is 7.37. The van der Waals surface area contributed by atoms with E-state index in [2.05, 4.69) is 37.7 Å². The zero-order chi connectivity index (χ0) is 15.5. The van der Waals surface area contributed by atoms with Gasteiger partial charge in [0, 0.05) is 23.5 Å². The molecule has 0 radical (unpaired) electrons. The lowest BCUT2D eigenvalue weighted by molar-refractivity contribution is 0.306. The first-order chi connectivity index (χ1) is 11.4. The highest BCUT2D eigenvalue weighted by Crippen LogP contribution is 2.25. The van der Waals surface area contributed by atoms with Crippen molar-refractivity contribution >= 4 is 10.9 Å². The number of aromatic nitrogens is 5. The predicted molar refractivity (Wildman–Crippen MR) is 86.1 cm³/mol. The summed E-state index contributed by atoms with van der Waals surface area (Å²) >= 11 is 0. The van der Waals surface area contributed by atoms with Crippen LogP contribution in [0.4, 0.5) is 0 Å². The van der Waals surface area contributed by atoms with E-state index in [9.17, 15) is 0 Å². The van der Waals surface area contributed by atoms with Gasteiger partial charge in [-0.25, -0.2) is 0 Å². The van der Waals surface area contributed by atoms with Crippen molar-refractivity contribution in [3.8, 4) is 5.75 Å². The molecule has 0 saturated heterocycles. The Morgan fingerprint density at radius 3 is 2.78 bits per heavy atom. The van der Waals surface area contributed by atoms with Crippen LogP contribution < -0.4 is 4.74 Å². The third-order valence-corrected chi connectivity index (χ3v) is 3.72. The van der Waals surface area contributed by atoms with Crippen LogP contribution in [0.25, 0.3) is 10.9 Å². The summed E-state index contributed by atoms with van der Waals surface area (Å²) in [7, 11) is 0. The van der Waals surface area contributed by atoms with Gasteiger partial charge in [-0.2, -0.15) is 5.21 Å². The number of benzene rings is 2. The van der Waals surface area contributed by atoms with Gasteiger partial charge in [0.15, 0.2) is 5.82 Å². The van der Waals surface area contributed by atoms with Crippen molar-refractivity contribution in [2.45, 2.75) is 13.0 Å². The molecule has 0 fully saturated rings. The zero-order valence-corrected chi connectivity index (χ0v) is 12.4. The van der Waals surface area contributed by atoms with Gasteiger partial charge in [0.2, 0.25) is 0 Å². The van der Waals surface area contributed by atoms with Gasteiger partial charge in [-0.15, -0.1) is 10.2 Å². The predicted octanol–water partition coefficient (Wildman–Crippen LogP) is 2.85. The molecule has 0 saturated carbocycles. The maximum Gasteiger partial charge on any atom is 0.178 e. The summed E-state index contributed by atoms with van der Waals surface area (Å²) in [6.45, 7) is 0.553. The van der Waals surface area contributed by atoms with Gasteiger partial charge in [-0.1, -0.05) is 35.5 Å². The van der Waals surface area contributed by atoms with Crippen LogP contribution >= 0.6 is 0 Å². The number of hydrogen-bond donors (Lipinski definition) is 2. The fourth-order valence-electron chi connectivity index (χ4n) is 2.56. The maximum atomic E-state index is 5.90. The second-order valence-electron chi connectivity index (χ2n) is 5.30. The molecule has 2 aromatic carbocycles. The Labute approximate surface area is 132 Å². The second-order valence-corrected chi connectivity index (χ2v) is 5.30. The van der Waals surface area contributed by atoms with E-state index < -0.39 is 0 Å². The van der Waals surface area contributed by atoms with Crippen LogP contribution in [-0.2, 0) is 13.0 Å². The summed E-state index contributed by atoms with van der Waals surface area (Å²) in [5, 5.41) is 15.2. The quantitative estimate of drug-likeness (QED) is 0.594. The molecule has 114 valence electrons. The van der Waals surface area contributed by atoms with Gasteiger partial charge in [0.25, 0.3) is 0 Å². The average molecular weight is 305 g/mol. The van der Waals surface area contributed by atoms with Gasteiger partial charge in [0.05, 0.1) is 0 Å². The normalized spacial score (nSPS) is 11.0. The summed E-state index contributed by atoms with van der Waals surface area (Å²) in [6, 6.07) is 16.2. The Bertz CT molecular complexity index is 899. The van der Waals surface area contributed by atoms with Crippen molar-refractivity contribution in [2.75, 3.05) is 0 Å². The molecule has 0 aliphatic rings. The molecule has 4 rings (SSSR count). The number of H-pyrrole nitrogens is 2. The molecule has 2 N–H and O–H groups in total. The van der Waals surface area contributed by atoms with E-state index in [1.54, 1.807) is 0 Å². The largest absolute Gasteiger partial charge is 0.489 e. The van der Waals surface area contributed by atoms with Crippen LogP contribution in [0.1, 0.15) is 17.0 Å². The topological polar surface area (TPSA) is 79.5 Å².